The Bertz CT molecular complexity index is 491. The van der Waals surface area contributed by atoms with Crippen LogP contribution in [0.15, 0.2) is 24.3 Å². The van der Waals surface area contributed by atoms with Crippen LogP contribution in [0, 0.1) is 0 Å². The van der Waals surface area contributed by atoms with Crippen LogP contribution in [0.2, 0.25) is 5.02 Å². The Hall–Kier alpha value is -1.06. The first-order valence-electron chi connectivity index (χ1n) is 7.98. The molecule has 1 aromatic carbocycles. The summed E-state index contributed by atoms with van der Waals surface area (Å²) in [7, 11) is 0. The number of carbonyl (C=O) groups is 1. The molecule has 2 fully saturated rings. The van der Waals surface area contributed by atoms with Gasteiger partial charge in [-0.05, 0) is 30.5 Å². The van der Waals surface area contributed by atoms with Gasteiger partial charge in [0.05, 0.1) is 6.42 Å². The van der Waals surface area contributed by atoms with Crippen molar-refractivity contribution < 1.29 is 4.79 Å². The highest BCUT2D eigenvalue weighted by Gasteiger charge is 2.27. The molecule has 0 aromatic heterocycles. The maximum Gasteiger partial charge on any atom is 0.227 e. The molecule has 3 rings (SSSR count). The van der Waals surface area contributed by atoms with Gasteiger partial charge in [0, 0.05) is 37.2 Å². The predicted octanol–water partition coefficient (Wildman–Crippen LogP) is 2.97. The predicted molar refractivity (Wildman–Crippen MR) is 85.6 cm³/mol. The van der Waals surface area contributed by atoms with Crippen LogP contribution in [0.1, 0.15) is 31.2 Å². The molecule has 1 aliphatic carbocycles. The summed E-state index contributed by atoms with van der Waals surface area (Å²) in [6.07, 6.45) is 5.90. The molecule has 1 saturated heterocycles. The van der Waals surface area contributed by atoms with Gasteiger partial charge in [-0.25, -0.2) is 0 Å². The quantitative estimate of drug-likeness (QED) is 0.857. The Morgan fingerprint density at radius 1 is 1.14 bits per heavy atom. The second-order valence-electron chi connectivity index (χ2n) is 6.16. The van der Waals surface area contributed by atoms with Gasteiger partial charge in [-0.3, -0.25) is 9.69 Å². The average molecular weight is 307 g/mol. The topological polar surface area (TPSA) is 23.6 Å². The molecule has 0 spiro atoms. The van der Waals surface area contributed by atoms with Crippen molar-refractivity contribution in [3.05, 3.63) is 34.9 Å². The third-order valence-electron chi connectivity index (χ3n) is 4.75. The molecule has 0 N–H and O–H groups in total. The van der Waals surface area contributed by atoms with E-state index in [9.17, 15) is 4.79 Å². The van der Waals surface area contributed by atoms with E-state index in [4.69, 9.17) is 11.6 Å². The van der Waals surface area contributed by atoms with Crippen LogP contribution in [0.3, 0.4) is 0 Å². The highest BCUT2D eigenvalue weighted by atomic mass is 35.5. The van der Waals surface area contributed by atoms with E-state index in [0.29, 0.717) is 11.4 Å². The fourth-order valence-electron chi connectivity index (χ4n) is 3.54. The average Bonchev–Trinajstić information content (AvgIpc) is 3.01. The Balaban J connectivity index is 1.50. The summed E-state index contributed by atoms with van der Waals surface area (Å²) in [6.45, 7) is 3.81. The summed E-state index contributed by atoms with van der Waals surface area (Å²) in [6, 6.07) is 8.38. The van der Waals surface area contributed by atoms with E-state index in [2.05, 4.69) is 4.90 Å². The van der Waals surface area contributed by atoms with E-state index in [1.807, 2.05) is 29.2 Å². The van der Waals surface area contributed by atoms with E-state index >= 15 is 0 Å². The van der Waals surface area contributed by atoms with E-state index in [0.717, 1.165) is 37.8 Å². The molecule has 1 heterocycles. The molecule has 114 valence electrons. The zero-order valence-corrected chi connectivity index (χ0v) is 13.2. The van der Waals surface area contributed by atoms with Crippen molar-refractivity contribution in [2.45, 2.75) is 38.1 Å². The van der Waals surface area contributed by atoms with Gasteiger partial charge in [-0.2, -0.15) is 0 Å². The van der Waals surface area contributed by atoms with Crippen molar-refractivity contribution in [3.63, 3.8) is 0 Å². The van der Waals surface area contributed by atoms with Crippen molar-refractivity contribution >= 4 is 17.5 Å². The normalized spacial score (nSPS) is 20.9. The fraction of sp³-hybridized carbons (Fsp3) is 0.588. The number of hydrogen-bond donors (Lipinski definition) is 0. The lowest BCUT2D eigenvalue weighted by atomic mass is 10.1. The molecule has 1 saturated carbocycles. The summed E-state index contributed by atoms with van der Waals surface area (Å²) in [5, 5.41) is 0.700. The molecular formula is C17H23ClN2O. The number of carbonyl (C=O) groups excluding carboxylic acids is 1. The van der Waals surface area contributed by atoms with Gasteiger partial charge >= 0.3 is 0 Å². The standard InChI is InChI=1S/C17H23ClN2O/c18-15-5-3-4-14(12-15)13-17(21)20-10-8-19(9-11-20)16-6-1-2-7-16/h3-5,12,16H,1-2,6-11,13H2. The van der Waals surface area contributed by atoms with Crippen LogP contribution in [0.5, 0.6) is 0 Å². The Kier molecular flexibility index (Phi) is 4.81. The highest BCUT2D eigenvalue weighted by Crippen LogP contribution is 2.24. The van der Waals surface area contributed by atoms with Gasteiger partial charge in [0.15, 0.2) is 0 Å². The summed E-state index contributed by atoms with van der Waals surface area (Å²) < 4.78 is 0. The van der Waals surface area contributed by atoms with Crippen molar-refractivity contribution in [2.75, 3.05) is 26.2 Å². The second kappa shape index (κ2) is 6.80. The van der Waals surface area contributed by atoms with Crippen molar-refractivity contribution in [3.8, 4) is 0 Å². The molecule has 0 atom stereocenters. The van der Waals surface area contributed by atoms with E-state index in [1.165, 1.54) is 25.7 Å². The zero-order chi connectivity index (χ0) is 14.7. The molecular weight excluding hydrogens is 284 g/mol. The smallest absolute Gasteiger partial charge is 0.227 e. The van der Waals surface area contributed by atoms with E-state index < -0.39 is 0 Å². The molecule has 2 aliphatic rings. The summed E-state index contributed by atoms with van der Waals surface area (Å²) in [5.41, 5.74) is 1.01. The first-order valence-corrected chi connectivity index (χ1v) is 8.36. The van der Waals surface area contributed by atoms with E-state index in [-0.39, 0.29) is 5.91 Å². The fourth-order valence-corrected chi connectivity index (χ4v) is 3.75. The first kappa shape index (κ1) is 14.9. The van der Waals surface area contributed by atoms with Crippen LogP contribution in [0.25, 0.3) is 0 Å². The minimum atomic E-state index is 0.225. The monoisotopic (exact) mass is 306 g/mol. The third kappa shape index (κ3) is 3.78. The van der Waals surface area contributed by atoms with Crippen molar-refractivity contribution in [1.29, 1.82) is 0 Å². The van der Waals surface area contributed by atoms with Gasteiger partial charge in [-0.15, -0.1) is 0 Å². The number of rotatable bonds is 3. The largest absolute Gasteiger partial charge is 0.340 e. The van der Waals surface area contributed by atoms with Crippen LogP contribution in [0.4, 0.5) is 0 Å². The number of benzene rings is 1. The zero-order valence-electron chi connectivity index (χ0n) is 12.4. The molecule has 1 aliphatic heterocycles. The molecule has 0 radical (unpaired) electrons. The summed E-state index contributed by atoms with van der Waals surface area (Å²) >= 11 is 5.97. The Morgan fingerprint density at radius 3 is 2.52 bits per heavy atom. The number of amides is 1. The molecule has 1 amide bonds. The molecule has 0 bridgehead atoms. The van der Waals surface area contributed by atoms with Gasteiger partial charge in [0.25, 0.3) is 0 Å². The summed E-state index contributed by atoms with van der Waals surface area (Å²) in [5.74, 6) is 0.225. The van der Waals surface area contributed by atoms with Crippen LogP contribution in [-0.4, -0.2) is 47.9 Å². The van der Waals surface area contributed by atoms with Crippen LogP contribution >= 0.6 is 11.6 Å². The van der Waals surface area contributed by atoms with Crippen molar-refractivity contribution in [1.82, 2.24) is 9.80 Å². The Morgan fingerprint density at radius 2 is 1.86 bits per heavy atom. The van der Waals surface area contributed by atoms with Gasteiger partial charge in [-0.1, -0.05) is 36.6 Å². The highest BCUT2D eigenvalue weighted by molar-refractivity contribution is 6.30. The number of hydrogen-bond acceptors (Lipinski definition) is 2. The Labute approximate surface area is 131 Å². The maximum absolute atomic E-state index is 12.4. The number of halogens is 1. The lowest BCUT2D eigenvalue weighted by Crippen LogP contribution is -2.51. The second-order valence-corrected chi connectivity index (χ2v) is 6.60. The molecule has 3 nitrogen and oxygen atoms in total. The number of piperazine rings is 1. The van der Waals surface area contributed by atoms with Crippen LogP contribution in [-0.2, 0) is 11.2 Å². The van der Waals surface area contributed by atoms with Gasteiger partial charge in [0.2, 0.25) is 5.91 Å². The van der Waals surface area contributed by atoms with Gasteiger partial charge < -0.3 is 4.90 Å². The SMILES string of the molecule is O=C(Cc1cccc(Cl)c1)N1CCN(C2CCCC2)CC1. The minimum absolute atomic E-state index is 0.225. The van der Waals surface area contributed by atoms with Crippen LogP contribution < -0.4 is 0 Å². The molecule has 21 heavy (non-hydrogen) atoms. The molecule has 1 aromatic rings. The maximum atomic E-state index is 12.4. The van der Waals surface area contributed by atoms with Gasteiger partial charge in [0.1, 0.15) is 0 Å². The summed E-state index contributed by atoms with van der Waals surface area (Å²) in [4.78, 5) is 17.0. The molecule has 4 heteroatoms. The lowest BCUT2D eigenvalue weighted by Gasteiger charge is -2.38. The lowest BCUT2D eigenvalue weighted by molar-refractivity contribution is -0.132. The minimum Gasteiger partial charge on any atom is -0.340 e. The number of nitrogens with zero attached hydrogens (tertiary/aromatic N) is 2. The first-order chi connectivity index (χ1) is 10.2. The van der Waals surface area contributed by atoms with E-state index in [1.54, 1.807) is 0 Å². The van der Waals surface area contributed by atoms with Crippen molar-refractivity contribution in [2.24, 2.45) is 0 Å². The molecule has 0 unspecified atom stereocenters. The third-order valence-corrected chi connectivity index (χ3v) is 4.99.